The van der Waals surface area contributed by atoms with Crippen LogP contribution >= 0.6 is 11.3 Å². The molecule has 1 fully saturated rings. The number of thiazole rings is 1. The second-order valence-electron chi connectivity index (χ2n) is 7.22. The summed E-state index contributed by atoms with van der Waals surface area (Å²) in [5.41, 5.74) is 1.79. The number of anilines is 1. The molecule has 2 N–H and O–H groups in total. The molecule has 0 radical (unpaired) electrons. The number of rotatable bonds is 5. The fraction of sp³-hybridized carbons (Fsp3) is 0.450. The molecule has 1 aromatic carbocycles. The van der Waals surface area contributed by atoms with Gasteiger partial charge in [-0.15, -0.1) is 11.3 Å². The molecule has 2 heterocycles. The maximum absolute atomic E-state index is 12.4. The summed E-state index contributed by atoms with van der Waals surface area (Å²) in [4.78, 5) is 32.4. The summed E-state index contributed by atoms with van der Waals surface area (Å²) in [5, 5.41) is 6.55. The van der Waals surface area contributed by atoms with Gasteiger partial charge in [-0.05, 0) is 12.8 Å². The molecular weight excluding hydrogens is 360 g/mol. The first kappa shape index (κ1) is 18.1. The summed E-state index contributed by atoms with van der Waals surface area (Å²) < 4.78 is 0. The maximum Gasteiger partial charge on any atom is 0.321 e. The topological polar surface area (TPSA) is 74.3 Å². The number of carbonyl (C=O) groups is 2. The number of Topliss-reactive ketones (excluding diaryl/α,β-unsaturated/α-hetero) is 1. The molecule has 2 aliphatic rings. The molecule has 0 spiro atoms. The Bertz CT molecular complexity index is 815. The summed E-state index contributed by atoms with van der Waals surface area (Å²) in [6, 6.07) is 9.53. The number of hydrogen-bond donors (Lipinski definition) is 2. The van der Waals surface area contributed by atoms with Crippen LogP contribution in [0.25, 0.3) is 0 Å². The Morgan fingerprint density at radius 3 is 2.74 bits per heavy atom. The number of ketones is 1. The van der Waals surface area contributed by atoms with Gasteiger partial charge in [-0.25, -0.2) is 9.78 Å². The molecule has 1 aliphatic heterocycles. The van der Waals surface area contributed by atoms with Crippen molar-refractivity contribution < 1.29 is 9.59 Å². The number of fused-ring (bicyclic) bond motifs is 1. The summed E-state index contributed by atoms with van der Waals surface area (Å²) in [6.45, 7) is 1.92. The summed E-state index contributed by atoms with van der Waals surface area (Å²) in [7, 11) is 0. The first-order valence-electron chi connectivity index (χ1n) is 9.54. The van der Waals surface area contributed by atoms with Crippen LogP contribution in [0.1, 0.15) is 46.6 Å². The first-order chi connectivity index (χ1) is 13.2. The molecule has 1 aromatic heterocycles. The maximum atomic E-state index is 12.4. The lowest BCUT2D eigenvalue weighted by molar-refractivity contribution is 0.0922. The summed E-state index contributed by atoms with van der Waals surface area (Å²) >= 11 is 1.51. The zero-order valence-electron chi connectivity index (χ0n) is 15.2. The van der Waals surface area contributed by atoms with Crippen molar-refractivity contribution in [3.63, 3.8) is 0 Å². The van der Waals surface area contributed by atoms with Gasteiger partial charge in [-0.2, -0.15) is 0 Å². The Morgan fingerprint density at radius 1 is 1.19 bits per heavy atom. The second kappa shape index (κ2) is 8.19. The highest BCUT2D eigenvalue weighted by molar-refractivity contribution is 7.15. The largest absolute Gasteiger partial charge is 0.335 e. The molecule has 7 heteroatoms. The van der Waals surface area contributed by atoms with Gasteiger partial charge in [-0.3, -0.25) is 15.0 Å². The average Bonchev–Trinajstić information content (AvgIpc) is 3.31. The summed E-state index contributed by atoms with van der Waals surface area (Å²) in [6.07, 6.45) is 5.31. The highest BCUT2D eigenvalue weighted by Crippen LogP contribution is 2.28. The third kappa shape index (κ3) is 4.54. The smallest absolute Gasteiger partial charge is 0.321 e. The van der Waals surface area contributed by atoms with Gasteiger partial charge >= 0.3 is 6.03 Å². The van der Waals surface area contributed by atoms with Gasteiger partial charge in [0.2, 0.25) is 0 Å². The molecular formula is C20H24N4O2S. The second-order valence-corrected chi connectivity index (χ2v) is 8.30. The number of hydrogen-bond acceptors (Lipinski definition) is 5. The van der Waals surface area contributed by atoms with E-state index in [4.69, 9.17) is 0 Å². The van der Waals surface area contributed by atoms with Crippen molar-refractivity contribution in [1.82, 2.24) is 15.2 Å². The Labute approximate surface area is 163 Å². The third-order valence-electron chi connectivity index (χ3n) is 5.18. The first-order valence-corrected chi connectivity index (χ1v) is 10.4. The molecule has 2 aromatic rings. The van der Waals surface area contributed by atoms with Gasteiger partial charge in [0.15, 0.2) is 10.9 Å². The normalized spacial score (nSPS) is 17.5. The monoisotopic (exact) mass is 384 g/mol. The van der Waals surface area contributed by atoms with E-state index in [-0.39, 0.29) is 11.8 Å². The van der Waals surface area contributed by atoms with Crippen molar-refractivity contribution in [3.05, 3.63) is 46.5 Å². The van der Waals surface area contributed by atoms with Crippen molar-refractivity contribution in [3.8, 4) is 0 Å². The molecule has 1 aliphatic carbocycles. The molecule has 1 saturated carbocycles. The zero-order valence-corrected chi connectivity index (χ0v) is 16.1. The van der Waals surface area contributed by atoms with Crippen molar-refractivity contribution >= 4 is 28.3 Å². The minimum absolute atomic E-state index is 0.137. The van der Waals surface area contributed by atoms with E-state index in [1.807, 2.05) is 30.3 Å². The van der Waals surface area contributed by atoms with Crippen LogP contribution < -0.4 is 10.6 Å². The van der Waals surface area contributed by atoms with E-state index in [0.717, 1.165) is 41.9 Å². The zero-order chi connectivity index (χ0) is 18.6. The molecule has 0 saturated heterocycles. The minimum Gasteiger partial charge on any atom is -0.335 e. The van der Waals surface area contributed by atoms with Gasteiger partial charge in [0.1, 0.15) is 0 Å². The lowest BCUT2D eigenvalue weighted by atomic mass is 10.1. The summed E-state index contributed by atoms with van der Waals surface area (Å²) in [5.74, 6) is 0.137. The number of benzene rings is 1. The van der Waals surface area contributed by atoms with Crippen LogP contribution in [0.4, 0.5) is 9.93 Å². The highest BCUT2D eigenvalue weighted by atomic mass is 32.1. The standard InChI is InChI=1S/C20H24N4O2S/c25-17(14-6-2-1-3-7-14)12-24-11-10-16-18(13-24)27-20(22-16)23-19(26)21-15-8-4-5-9-15/h1-3,6-7,15H,4-5,8-13H2,(H2,21,22,23,26). The van der Waals surface area contributed by atoms with Crippen LogP contribution in [-0.4, -0.2) is 40.8 Å². The van der Waals surface area contributed by atoms with Crippen LogP contribution in [-0.2, 0) is 13.0 Å². The van der Waals surface area contributed by atoms with Crippen LogP contribution in [0.5, 0.6) is 0 Å². The third-order valence-corrected chi connectivity index (χ3v) is 6.18. The molecule has 0 atom stereocenters. The van der Waals surface area contributed by atoms with Crippen LogP contribution in [0.15, 0.2) is 30.3 Å². The van der Waals surface area contributed by atoms with E-state index in [1.54, 1.807) is 0 Å². The molecule has 0 unspecified atom stereocenters. The van der Waals surface area contributed by atoms with Gasteiger partial charge in [0, 0.05) is 36.0 Å². The molecule has 4 rings (SSSR count). The molecule has 2 amide bonds. The Balaban J connectivity index is 1.33. The predicted molar refractivity (Wildman–Crippen MR) is 106 cm³/mol. The Kier molecular flexibility index (Phi) is 5.50. The predicted octanol–water partition coefficient (Wildman–Crippen LogP) is 3.45. The number of nitrogens with zero attached hydrogens (tertiary/aromatic N) is 2. The van der Waals surface area contributed by atoms with E-state index >= 15 is 0 Å². The van der Waals surface area contributed by atoms with E-state index in [2.05, 4.69) is 20.5 Å². The number of aromatic nitrogens is 1. The van der Waals surface area contributed by atoms with Crippen LogP contribution in [0, 0.1) is 0 Å². The van der Waals surface area contributed by atoms with Crippen molar-refractivity contribution in [2.75, 3.05) is 18.4 Å². The minimum atomic E-state index is -0.163. The SMILES string of the molecule is O=C(Nc1nc2c(s1)CN(CC(=O)c1ccccc1)CC2)NC1CCCC1. The quantitative estimate of drug-likeness (QED) is 0.775. The number of amides is 2. The molecule has 142 valence electrons. The Morgan fingerprint density at radius 2 is 1.96 bits per heavy atom. The van der Waals surface area contributed by atoms with Gasteiger partial charge in [-0.1, -0.05) is 43.2 Å². The highest BCUT2D eigenvalue weighted by Gasteiger charge is 2.24. The molecule has 0 bridgehead atoms. The lowest BCUT2D eigenvalue weighted by Gasteiger charge is -2.24. The van der Waals surface area contributed by atoms with Gasteiger partial charge < -0.3 is 5.32 Å². The van der Waals surface area contributed by atoms with E-state index < -0.39 is 0 Å². The van der Waals surface area contributed by atoms with Gasteiger partial charge in [0.05, 0.1) is 12.2 Å². The van der Waals surface area contributed by atoms with Gasteiger partial charge in [0.25, 0.3) is 0 Å². The van der Waals surface area contributed by atoms with Crippen LogP contribution in [0.3, 0.4) is 0 Å². The van der Waals surface area contributed by atoms with E-state index in [9.17, 15) is 9.59 Å². The number of nitrogens with one attached hydrogen (secondary N) is 2. The van der Waals surface area contributed by atoms with Crippen molar-refractivity contribution in [1.29, 1.82) is 0 Å². The molecule has 6 nitrogen and oxygen atoms in total. The molecule has 27 heavy (non-hydrogen) atoms. The van der Waals surface area contributed by atoms with E-state index in [0.29, 0.717) is 24.3 Å². The fourth-order valence-corrected chi connectivity index (χ4v) is 4.79. The lowest BCUT2D eigenvalue weighted by Crippen LogP contribution is -2.36. The van der Waals surface area contributed by atoms with E-state index in [1.165, 1.54) is 24.2 Å². The number of urea groups is 1. The van der Waals surface area contributed by atoms with Crippen molar-refractivity contribution in [2.24, 2.45) is 0 Å². The van der Waals surface area contributed by atoms with Crippen LogP contribution in [0.2, 0.25) is 0 Å². The number of carbonyl (C=O) groups excluding carboxylic acids is 2. The fourth-order valence-electron chi connectivity index (χ4n) is 3.74. The average molecular weight is 385 g/mol. The Hall–Kier alpha value is -2.25. The van der Waals surface area contributed by atoms with Crippen molar-refractivity contribution in [2.45, 2.75) is 44.7 Å².